The van der Waals surface area contributed by atoms with E-state index >= 15 is 0 Å². The summed E-state index contributed by atoms with van der Waals surface area (Å²) in [6, 6.07) is 4.50. The standard InChI is InChI=1S/C13H21NO2/c1-3-11-6-7-12(16-11)9-14-10(2)13-5-4-8-15-13/h6-7,10,13-14H,3-5,8-9H2,1-2H3. The lowest BCUT2D eigenvalue weighted by Gasteiger charge is -2.19. The molecule has 1 fully saturated rings. The maximum Gasteiger partial charge on any atom is 0.117 e. The maximum atomic E-state index is 5.64. The van der Waals surface area contributed by atoms with Crippen LogP contribution in [0.3, 0.4) is 0 Å². The summed E-state index contributed by atoms with van der Waals surface area (Å²) in [6.07, 6.45) is 3.70. The van der Waals surface area contributed by atoms with E-state index in [2.05, 4.69) is 19.2 Å². The molecule has 1 aliphatic heterocycles. The Morgan fingerprint density at radius 3 is 2.88 bits per heavy atom. The van der Waals surface area contributed by atoms with Crippen LogP contribution in [0.25, 0.3) is 0 Å². The first kappa shape index (κ1) is 11.7. The highest BCUT2D eigenvalue weighted by molar-refractivity contribution is 5.06. The van der Waals surface area contributed by atoms with Crippen LogP contribution in [0.15, 0.2) is 16.5 Å². The SMILES string of the molecule is CCc1ccc(CNC(C)C2CCCO2)o1. The fourth-order valence-corrected chi connectivity index (χ4v) is 2.10. The zero-order chi connectivity index (χ0) is 11.4. The third-order valence-electron chi connectivity index (χ3n) is 3.19. The Balaban J connectivity index is 1.77. The Labute approximate surface area is 97.2 Å². The smallest absolute Gasteiger partial charge is 0.117 e. The Kier molecular flexibility index (Phi) is 4.02. The molecule has 3 heteroatoms. The number of rotatable bonds is 5. The van der Waals surface area contributed by atoms with Gasteiger partial charge in [0.25, 0.3) is 0 Å². The van der Waals surface area contributed by atoms with Crippen LogP contribution < -0.4 is 5.32 Å². The number of aryl methyl sites for hydroxylation is 1. The van der Waals surface area contributed by atoms with Crippen molar-refractivity contribution in [3.8, 4) is 0 Å². The summed E-state index contributed by atoms with van der Waals surface area (Å²) in [5.41, 5.74) is 0. The molecule has 1 aromatic rings. The van der Waals surface area contributed by atoms with Gasteiger partial charge in [0.2, 0.25) is 0 Å². The summed E-state index contributed by atoms with van der Waals surface area (Å²) in [6.45, 7) is 5.99. The molecule has 0 radical (unpaired) electrons. The van der Waals surface area contributed by atoms with Crippen molar-refractivity contribution in [3.05, 3.63) is 23.7 Å². The molecule has 0 aliphatic carbocycles. The topological polar surface area (TPSA) is 34.4 Å². The van der Waals surface area contributed by atoms with Gasteiger partial charge in [-0.2, -0.15) is 0 Å². The molecule has 1 aromatic heterocycles. The molecule has 0 saturated carbocycles. The predicted molar refractivity (Wildman–Crippen MR) is 63.4 cm³/mol. The lowest BCUT2D eigenvalue weighted by atomic mass is 10.1. The molecule has 1 N–H and O–H groups in total. The molecule has 2 unspecified atom stereocenters. The van der Waals surface area contributed by atoms with Gasteiger partial charge in [0.05, 0.1) is 12.6 Å². The fourth-order valence-electron chi connectivity index (χ4n) is 2.10. The van der Waals surface area contributed by atoms with Crippen LogP contribution in [0, 0.1) is 0 Å². The second-order valence-corrected chi connectivity index (χ2v) is 4.44. The molecule has 1 saturated heterocycles. The first-order valence-corrected chi connectivity index (χ1v) is 6.22. The highest BCUT2D eigenvalue weighted by atomic mass is 16.5. The zero-order valence-electron chi connectivity index (χ0n) is 10.2. The van der Waals surface area contributed by atoms with E-state index in [4.69, 9.17) is 9.15 Å². The molecule has 0 aromatic carbocycles. The van der Waals surface area contributed by atoms with E-state index in [-0.39, 0.29) is 0 Å². The summed E-state index contributed by atoms with van der Waals surface area (Å²) in [4.78, 5) is 0. The number of furan rings is 1. The normalized spacial score (nSPS) is 22.5. The molecule has 2 heterocycles. The predicted octanol–water partition coefficient (Wildman–Crippen LogP) is 2.50. The van der Waals surface area contributed by atoms with E-state index in [1.807, 2.05) is 12.1 Å². The van der Waals surface area contributed by atoms with E-state index in [1.165, 1.54) is 12.8 Å². The largest absolute Gasteiger partial charge is 0.465 e. The van der Waals surface area contributed by atoms with Crippen LogP contribution in [-0.4, -0.2) is 18.8 Å². The number of ether oxygens (including phenoxy) is 1. The van der Waals surface area contributed by atoms with Crippen LogP contribution in [0.4, 0.5) is 0 Å². The first-order valence-electron chi connectivity index (χ1n) is 6.22. The van der Waals surface area contributed by atoms with E-state index in [0.717, 1.165) is 31.1 Å². The lowest BCUT2D eigenvalue weighted by Crippen LogP contribution is -2.36. The van der Waals surface area contributed by atoms with Crippen LogP contribution in [-0.2, 0) is 17.7 Å². The number of hydrogen-bond donors (Lipinski definition) is 1. The van der Waals surface area contributed by atoms with Gasteiger partial charge in [-0.15, -0.1) is 0 Å². The molecular formula is C13H21NO2. The van der Waals surface area contributed by atoms with Gasteiger partial charge < -0.3 is 14.5 Å². The van der Waals surface area contributed by atoms with Gasteiger partial charge in [0.1, 0.15) is 11.5 Å². The average molecular weight is 223 g/mol. The quantitative estimate of drug-likeness (QED) is 0.832. The molecular weight excluding hydrogens is 202 g/mol. The van der Waals surface area contributed by atoms with Crippen LogP contribution in [0.2, 0.25) is 0 Å². The third-order valence-corrected chi connectivity index (χ3v) is 3.19. The summed E-state index contributed by atoms with van der Waals surface area (Å²) in [5, 5.41) is 3.46. The van der Waals surface area contributed by atoms with Crippen molar-refractivity contribution >= 4 is 0 Å². The number of nitrogens with one attached hydrogen (secondary N) is 1. The van der Waals surface area contributed by atoms with Crippen molar-refractivity contribution in [2.24, 2.45) is 0 Å². The minimum absolute atomic E-state index is 0.376. The van der Waals surface area contributed by atoms with Crippen molar-refractivity contribution in [2.45, 2.75) is 51.8 Å². The van der Waals surface area contributed by atoms with Crippen molar-refractivity contribution in [2.75, 3.05) is 6.61 Å². The molecule has 2 rings (SSSR count). The molecule has 1 aliphatic rings. The second-order valence-electron chi connectivity index (χ2n) is 4.44. The maximum absolute atomic E-state index is 5.64. The zero-order valence-corrected chi connectivity index (χ0v) is 10.2. The van der Waals surface area contributed by atoms with Gasteiger partial charge in [-0.1, -0.05) is 6.92 Å². The molecule has 90 valence electrons. The molecule has 2 atom stereocenters. The second kappa shape index (κ2) is 5.51. The molecule has 16 heavy (non-hydrogen) atoms. The summed E-state index contributed by atoms with van der Waals surface area (Å²) >= 11 is 0. The Morgan fingerprint density at radius 1 is 1.44 bits per heavy atom. The van der Waals surface area contributed by atoms with Gasteiger partial charge >= 0.3 is 0 Å². The lowest BCUT2D eigenvalue weighted by molar-refractivity contribution is 0.0825. The van der Waals surface area contributed by atoms with Crippen LogP contribution in [0.5, 0.6) is 0 Å². The highest BCUT2D eigenvalue weighted by Crippen LogP contribution is 2.16. The van der Waals surface area contributed by atoms with Gasteiger partial charge in [0.15, 0.2) is 0 Å². The van der Waals surface area contributed by atoms with E-state index in [1.54, 1.807) is 0 Å². The van der Waals surface area contributed by atoms with Crippen molar-refractivity contribution in [3.63, 3.8) is 0 Å². The minimum atomic E-state index is 0.376. The van der Waals surface area contributed by atoms with Crippen LogP contribution in [0.1, 0.15) is 38.2 Å². The van der Waals surface area contributed by atoms with Gasteiger partial charge in [-0.25, -0.2) is 0 Å². The fraction of sp³-hybridized carbons (Fsp3) is 0.692. The molecule has 0 spiro atoms. The van der Waals surface area contributed by atoms with Crippen molar-refractivity contribution < 1.29 is 9.15 Å². The average Bonchev–Trinajstić information content (AvgIpc) is 2.96. The van der Waals surface area contributed by atoms with Gasteiger partial charge in [0, 0.05) is 19.1 Å². The Hall–Kier alpha value is -0.800. The van der Waals surface area contributed by atoms with Crippen molar-refractivity contribution in [1.29, 1.82) is 0 Å². The van der Waals surface area contributed by atoms with E-state index in [0.29, 0.717) is 12.1 Å². The molecule has 0 amide bonds. The Bertz CT molecular complexity index is 315. The minimum Gasteiger partial charge on any atom is -0.465 e. The van der Waals surface area contributed by atoms with Gasteiger partial charge in [-0.3, -0.25) is 0 Å². The first-order chi connectivity index (χ1) is 7.79. The van der Waals surface area contributed by atoms with Crippen molar-refractivity contribution in [1.82, 2.24) is 5.32 Å². The third kappa shape index (κ3) is 2.86. The van der Waals surface area contributed by atoms with Gasteiger partial charge in [-0.05, 0) is 31.9 Å². The summed E-state index contributed by atoms with van der Waals surface area (Å²) < 4.78 is 11.3. The van der Waals surface area contributed by atoms with E-state index < -0.39 is 0 Å². The van der Waals surface area contributed by atoms with Crippen LogP contribution >= 0.6 is 0 Å². The monoisotopic (exact) mass is 223 g/mol. The highest BCUT2D eigenvalue weighted by Gasteiger charge is 2.21. The van der Waals surface area contributed by atoms with E-state index in [9.17, 15) is 0 Å². The summed E-state index contributed by atoms with van der Waals surface area (Å²) in [7, 11) is 0. The molecule has 3 nitrogen and oxygen atoms in total. The summed E-state index contributed by atoms with van der Waals surface area (Å²) in [5.74, 6) is 2.07. The number of hydrogen-bond acceptors (Lipinski definition) is 3. The molecule has 0 bridgehead atoms. The Morgan fingerprint density at radius 2 is 2.25 bits per heavy atom.